The van der Waals surface area contributed by atoms with Gasteiger partial charge in [0, 0.05) is 38.3 Å². The number of para-hydroxylation sites is 1. The van der Waals surface area contributed by atoms with Gasteiger partial charge < -0.3 is 30.0 Å². The van der Waals surface area contributed by atoms with Crippen molar-refractivity contribution in [1.82, 2.24) is 15.1 Å². The van der Waals surface area contributed by atoms with E-state index in [0.29, 0.717) is 26.2 Å². The Morgan fingerprint density at radius 2 is 1.59 bits per heavy atom. The molecule has 0 atom stereocenters. The summed E-state index contributed by atoms with van der Waals surface area (Å²) in [4.78, 5) is 39.7. The molecule has 0 saturated carbocycles. The number of nitrogens with one attached hydrogen (secondary N) is 1. The Bertz CT molecular complexity index is 665. The van der Waals surface area contributed by atoms with Crippen LogP contribution < -0.4 is 5.32 Å². The lowest BCUT2D eigenvalue weighted by atomic mass is 10.2. The fourth-order valence-corrected chi connectivity index (χ4v) is 3.75. The van der Waals surface area contributed by atoms with Crippen molar-refractivity contribution in [2.45, 2.75) is 13.5 Å². The van der Waals surface area contributed by atoms with Gasteiger partial charge >= 0.3 is 15.2 Å². The Kier molecular flexibility index (Phi) is 10.1. The van der Waals surface area contributed by atoms with Gasteiger partial charge in [0.2, 0.25) is 0 Å². The van der Waals surface area contributed by atoms with E-state index in [9.17, 15) is 24.0 Å². The smallest absolute Gasteiger partial charge is 0.339 e. The Hall–Kier alpha value is -0.800. The number of benzene rings is 1. The normalized spacial score (nSPS) is 12.9. The van der Waals surface area contributed by atoms with Crippen LogP contribution in [0.25, 0.3) is 0 Å². The van der Waals surface area contributed by atoms with E-state index in [1.807, 2.05) is 24.0 Å². The minimum absolute atomic E-state index is 0.191. The predicted octanol–water partition coefficient (Wildman–Crippen LogP) is 0.376. The lowest BCUT2D eigenvalue weighted by Crippen LogP contribution is -2.39. The molecule has 0 bridgehead atoms. The van der Waals surface area contributed by atoms with Gasteiger partial charge in [-0.05, 0) is 12.6 Å². The minimum Gasteiger partial charge on any atom is -0.508 e. The Morgan fingerprint density at radius 1 is 0.963 bits per heavy atom. The van der Waals surface area contributed by atoms with Gasteiger partial charge in [-0.25, -0.2) is 0 Å². The molecule has 10 nitrogen and oxygen atoms in total. The van der Waals surface area contributed by atoms with Gasteiger partial charge in [0.25, 0.3) is 0 Å². The van der Waals surface area contributed by atoms with Crippen LogP contribution in [0.4, 0.5) is 0 Å². The van der Waals surface area contributed by atoms with E-state index in [1.165, 1.54) is 0 Å². The maximum Gasteiger partial charge on any atom is 0.339 e. The van der Waals surface area contributed by atoms with E-state index in [0.717, 1.165) is 5.56 Å². The highest BCUT2D eigenvalue weighted by atomic mass is 31.2. The summed E-state index contributed by atoms with van der Waals surface area (Å²) in [5.41, 5.74) is 0.768. The van der Waals surface area contributed by atoms with Crippen LogP contribution in [0.1, 0.15) is 12.5 Å². The maximum absolute atomic E-state index is 11.3. The van der Waals surface area contributed by atoms with Crippen LogP contribution in [-0.4, -0.2) is 79.8 Å². The van der Waals surface area contributed by atoms with Crippen molar-refractivity contribution in [2.75, 3.05) is 45.3 Å². The topological polar surface area (TPSA) is 154 Å². The third-order valence-corrected chi connectivity index (χ3v) is 5.28. The second kappa shape index (κ2) is 11.3. The molecule has 1 aromatic rings. The van der Waals surface area contributed by atoms with Gasteiger partial charge in [-0.2, -0.15) is 0 Å². The lowest BCUT2D eigenvalue weighted by molar-refractivity contribution is 0.210. The summed E-state index contributed by atoms with van der Waals surface area (Å²) in [7, 11) is -8.42. The molecule has 156 valence electrons. The predicted molar refractivity (Wildman–Crippen MR) is 102 cm³/mol. The molecule has 0 aliphatic rings. The number of rotatable bonds is 13. The third kappa shape index (κ3) is 11.6. The van der Waals surface area contributed by atoms with Crippen molar-refractivity contribution < 1.29 is 33.8 Å². The van der Waals surface area contributed by atoms with Crippen LogP contribution in [-0.2, 0) is 15.7 Å². The van der Waals surface area contributed by atoms with Crippen molar-refractivity contribution in [3.63, 3.8) is 0 Å². The standard InChI is InChI=1S/C15H29N3O7P2/c1-2-17(11-14-5-3-4-6-15(14)19)9-10-18(13-27(23,24)25)8-7-16-12-26(20,21)22/h3-6,16,19H,2,7-13H2,1H3,(H2,20,21,22)(H2,23,24,25). The molecule has 0 aliphatic heterocycles. The highest BCUT2D eigenvalue weighted by molar-refractivity contribution is 7.51. The molecule has 12 heteroatoms. The highest BCUT2D eigenvalue weighted by Gasteiger charge is 2.20. The number of hydrogen-bond donors (Lipinski definition) is 6. The number of phenols is 1. The van der Waals surface area contributed by atoms with Gasteiger partial charge in [-0.15, -0.1) is 0 Å². The summed E-state index contributed by atoms with van der Waals surface area (Å²) >= 11 is 0. The Morgan fingerprint density at radius 3 is 2.15 bits per heavy atom. The maximum atomic E-state index is 11.3. The monoisotopic (exact) mass is 425 g/mol. The molecule has 0 aliphatic carbocycles. The van der Waals surface area contributed by atoms with E-state index in [-0.39, 0.29) is 18.8 Å². The minimum atomic E-state index is -4.26. The van der Waals surface area contributed by atoms with Crippen molar-refractivity contribution >= 4 is 15.2 Å². The molecule has 0 heterocycles. The number of hydrogen-bond acceptors (Lipinski definition) is 6. The largest absolute Gasteiger partial charge is 0.508 e. The zero-order valence-electron chi connectivity index (χ0n) is 15.3. The summed E-state index contributed by atoms with van der Waals surface area (Å²) in [6, 6.07) is 6.99. The van der Waals surface area contributed by atoms with E-state index in [4.69, 9.17) is 9.79 Å². The summed E-state index contributed by atoms with van der Waals surface area (Å²) in [6.45, 7) is 4.45. The number of likely N-dealkylation sites (N-methyl/N-ethyl adjacent to an activating group) is 1. The van der Waals surface area contributed by atoms with Crippen LogP contribution in [0.5, 0.6) is 5.75 Å². The quantitative estimate of drug-likeness (QED) is 0.193. The molecule has 0 aromatic heterocycles. The molecule has 0 fully saturated rings. The van der Waals surface area contributed by atoms with Crippen LogP contribution in [0.3, 0.4) is 0 Å². The molecule has 1 rings (SSSR count). The van der Waals surface area contributed by atoms with E-state index >= 15 is 0 Å². The summed E-state index contributed by atoms with van der Waals surface area (Å²) in [5, 5.41) is 12.5. The van der Waals surface area contributed by atoms with E-state index in [1.54, 1.807) is 17.0 Å². The average molecular weight is 425 g/mol. The molecular formula is C15H29N3O7P2. The van der Waals surface area contributed by atoms with Crippen molar-refractivity contribution in [1.29, 1.82) is 0 Å². The molecule has 1 aromatic carbocycles. The highest BCUT2D eigenvalue weighted by Crippen LogP contribution is 2.35. The third-order valence-electron chi connectivity index (χ3n) is 3.87. The summed E-state index contributed by atoms with van der Waals surface area (Å²) in [6.07, 6.45) is -0.913. The lowest BCUT2D eigenvalue weighted by Gasteiger charge is -2.27. The Labute approximate surface area is 159 Å². The van der Waals surface area contributed by atoms with Gasteiger partial charge in [0.05, 0.1) is 6.29 Å². The van der Waals surface area contributed by atoms with Gasteiger partial charge in [0.15, 0.2) is 0 Å². The molecule has 6 N–H and O–H groups in total. The van der Waals surface area contributed by atoms with Crippen LogP contribution in [0.2, 0.25) is 0 Å². The fraction of sp³-hybridized carbons (Fsp3) is 0.600. The fourth-order valence-electron chi connectivity index (χ4n) is 2.49. The van der Waals surface area contributed by atoms with Crippen LogP contribution >= 0.6 is 15.2 Å². The molecule has 0 radical (unpaired) electrons. The van der Waals surface area contributed by atoms with Crippen molar-refractivity contribution in [2.24, 2.45) is 0 Å². The van der Waals surface area contributed by atoms with E-state index < -0.39 is 27.8 Å². The second-order valence-corrected chi connectivity index (χ2v) is 9.50. The zero-order chi connectivity index (χ0) is 20.5. The first kappa shape index (κ1) is 24.2. The molecule has 0 unspecified atom stereocenters. The number of nitrogens with zero attached hydrogens (tertiary/aromatic N) is 2. The molecule has 0 spiro atoms. The summed E-state index contributed by atoms with van der Waals surface area (Å²) < 4.78 is 22.2. The molecule has 27 heavy (non-hydrogen) atoms. The molecular weight excluding hydrogens is 396 g/mol. The van der Waals surface area contributed by atoms with Crippen LogP contribution in [0, 0.1) is 0 Å². The number of aromatic hydroxyl groups is 1. The number of phenolic OH excluding ortho intramolecular Hbond substituents is 1. The van der Waals surface area contributed by atoms with Crippen LogP contribution in [0.15, 0.2) is 24.3 Å². The zero-order valence-corrected chi connectivity index (χ0v) is 17.1. The van der Waals surface area contributed by atoms with Crippen molar-refractivity contribution in [3.8, 4) is 5.75 Å². The first-order chi connectivity index (χ1) is 12.5. The average Bonchev–Trinajstić information content (AvgIpc) is 2.54. The van der Waals surface area contributed by atoms with Gasteiger partial charge in [-0.3, -0.25) is 18.9 Å². The second-order valence-electron chi connectivity index (χ2n) is 6.24. The molecule has 0 saturated heterocycles. The first-order valence-electron chi connectivity index (χ1n) is 8.51. The van der Waals surface area contributed by atoms with Gasteiger partial charge in [-0.1, -0.05) is 25.1 Å². The first-order valence-corrected chi connectivity index (χ1v) is 12.1. The SMILES string of the molecule is CCN(CCN(CCNCP(=O)(O)O)CP(=O)(O)O)Cc1ccccc1O. The van der Waals surface area contributed by atoms with Crippen molar-refractivity contribution in [3.05, 3.63) is 29.8 Å². The molecule has 0 amide bonds. The Balaban J connectivity index is 2.58. The summed E-state index contributed by atoms with van der Waals surface area (Å²) in [5.74, 6) is 0.199. The van der Waals surface area contributed by atoms with E-state index in [2.05, 4.69) is 5.32 Å². The van der Waals surface area contributed by atoms with Gasteiger partial charge in [0.1, 0.15) is 12.0 Å².